The van der Waals surface area contributed by atoms with Crippen molar-refractivity contribution in [3.05, 3.63) is 22.4 Å². The lowest BCUT2D eigenvalue weighted by atomic mass is 10.2. The number of nitrogens with zero attached hydrogens (tertiary/aromatic N) is 1. The molecule has 2 rings (SSSR count). The lowest BCUT2D eigenvalue weighted by molar-refractivity contribution is 0.0637. The van der Waals surface area contributed by atoms with E-state index >= 15 is 0 Å². The number of hydrogen-bond acceptors (Lipinski definition) is 3. The summed E-state index contributed by atoms with van der Waals surface area (Å²) in [6, 6.07) is 2.09. The summed E-state index contributed by atoms with van der Waals surface area (Å²) in [4.78, 5) is 4.25. The van der Waals surface area contributed by atoms with Crippen LogP contribution in [0.15, 0.2) is 16.9 Å². The van der Waals surface area contributed by atoms with Gasteiger partial charge in [-0.15, -0.1) is 0 Å². The summed E-state index contributed by atoms with van der Waals surface area (Å²) >= 11 is 3.39. The molecule has 1 fully saturated rings. The molecule has 0 bridgehead atoms. The van der Waals surface area contributed by atoms with Gasteiger partial charge >= 0.3 is 0 Å². The van der Waals surface area contributed by atoms with Gasteiger partial charge in [-0.3, -0.25) is 0 Å². The topological polar surface area (TPSA) is 34.1 Å². The van der Waals surface area contributed by atoms with Crippen LogP contribution in [0.5, 0.6) is 0 Å². The Bertz CT molecular complexity index is 370. The third-order valence-corrected chi connectivity index (χ3v) is 3.70. The van der Waals surface area contributed by atoms with Crippen LogP contribution in [0.25, 0.3) is 0 Å². The zero-order valence-corrected chi connectivity index (χ0v) is 11.3. The van der Waals surface area contributed by atoms with Crippen LogP contribution in [-0.4, -0.2) is 23.7 Å². The number of nitrogens with one attached hydrogen (secondary N) is 1. The van der Waals surface area contributed by atoms with Crippen LogP contribution in [0.1, 0.15) is 25.3 Å². The standard InChI is InChI=1S/C12H17BrN2O/c1-8-5-10(6-15-12(8)13)14-7-11-4-3-9(2)16-11/h5-6,9,11,14H,3-4,7H2,1-2H3. The van der Waals surface area contributed by atoms with E-state index in [2.05, 4.69) is 39.2 Å². The first-order valence-corrected chi connectivity index (χ1v) is 6.46. The Morgan fingerprint density at radius 2 is 2.38 bits per heavy atom. The summed E-state index contributed by atoms with van der Waals surface area (Å²) in [5.41, 5.74) is 2.20. The predicted molar refractivity (Wildman–Crippen MR) is 68.7 cm³/mol. The van der Waals surface area contributed by atoms with E-state index in [1.54, 1.807) is 0 Å². The minimum Gasteiger partial charge on any atom is -0.381 e. The molecule has 1 N–H and O–H groups in total. The van der Waals surface area contributed by atoms with E-state index in [4.69, 9.17) is 4.74 Å². The largest absolute Gasteiger partial charge is 0.381 e. The predicted octanol–water partition coefficient (Wildman–Crippen LogP) is 3.13. The van der Waals surface area contributed by atoms with Gasteiger partial charge in [-0.2, -0.15) is 0 Å². The van der Waals surface area contributed by atoms with Gasteiger partial charge in [-0.25, -0.2) is 4.98 Å². The molecule has 0 amide bonds. The zero-order valence-electron chi connectivity index (χ0n) is 9.66. The molecular formula is C12H17BrN2O. The fourth-order valence-corrected chi connectivity index (χ4v) is 2.14. The summed E-state index contributed by atoms with van der Waals surface area (Å²) < 4.78 is 6.65. The average Bonchev–Trinajstić information content (AvgIpc) is 2.66. The van der Waals surface area contributed by atoms with Gasteiger partial charge < -0.3 is 10.1 Å². The molecule has 0 spiro atoms. The van der Waals surface area contributed by atoms with Crippen LogP contribution in [0, 0.1) is 6.92 Å². The van der Waals surface area contributed by atoms with Crippen molar-refractivity contribution in [2.75, 3.05) is 11.9 Å². The third-order valence-electron chi connectivity index (χ3n) is 2.87. The first-order chi connectivity index (χ1) is 7.65. The second kappa shape index (κ2) is 5.15. The maximum absolute atomic E-state index is 5.74. The smallest absolute Gasteiger partial charge is 0.109 e. The summed E-state index contributed by atoms with van der Waals surface area (Å²) in [6.45, 7) is 5.04. The molecule has 1 saturated heterocycles. The van der Waals surface area contributed by atoms with Crippen LogP contribution in [-0.2, 0) is 4.74 Å². The van der Waals surface area contributed by atoms with Crippen LogP contribution < -0.4 is 5.32 Å². The summed E-state index contributed by atoms with van der Waals surface area (Å²) in [5.74, 6) is 0. The number of ether oxygens (including phenoxy) is 1. The molecule has 0 aliphatic carbocycles. The Labute approximate surface area is 105 Å². The van der Waals surface area contributed by atoms with Gasteiger partial charge in [0.25, 0.3) is 0 Å². The number of aromatic nitrogens is 1. The van der Waals surface area contributed by atoms with E-state index in [9.17, 15) is 0 Å². The first-order valence-electron chi connectivity index (χ1n) is 5.66. The molecule has 1 aliphatic heterocycles. The van der Waals surface area contributed by atoms with Gasteiger partial charge in [0, 0.05) is 6.54 Å². The van der Waals surface area contributed by atoms with Crippen molar-refractivity contribution in [3.63, 3.8) is 0 Å². The first kappa shape index (κ1) is 11.9. The van der Waals surface area contributed by atoms with E-state index in [0.717, 1.165) is 28.8 Å². The summed E-state index contributed by atoms with van der Waals surface area (Å²) in [7, 11) is 0. The average molecular weight is 285 g/mol. The number of aryl methyl sites for hydroxylation is 1. The fraction of sp³-hybridized carbons (Fsp3) is 0.583. The van der Waals surface area contributed by atoms with E-state index in [1.807, 2.05) is 13.1 Å². The molecule has 2 atom stereocenters. The van der Waals surface area contributed by atoms with Gasteiger partial charge in [0.1, 0.15) is 4.60 Å². The number of anilines is 1. The van der Waals surface area contributed by atoms with Gasteiger partial charge in [0.2, 0.25) is 0 Å². The Morgan fingerprint density at radius 1 is 1.56 bits per heavy atom. The normalized spacial score (nSPS) is 24.7. The molecule has 0 saturated carbocycles. The summed E-state index contributed by atoms with van der Waals surface area (Å²) in [5, 5.41) is 3.37. The molecule has 0 aromatic carbocycles. The molecule has 16 heavy (non-hydrogen) atoms. The lowest BCUT2D eigenvalue weighted by Crippen LogP contribution is -2.19. The zero-order chi connectivity index (χ0) is 11.5. The molecule has 1 aliphatic rings. The second-order valence-corrected chi connectivity index (χ2v) is 5.11. The second-order valence-electron chi connectivity index (χ2n) is 4.36. The van der Waals surface area contributed by atoms with Crippen molar-refractivity contribution in [1.29, 1.82) is 0 Å². The van der Waals surface area contributed by atoms with Gasteiger partial charge in [0.05, 0.1) is 24.1 Å². The molecule has 1 aromatic heterocycles. The minimum absolute atomic E-state index is 0.346. The Balaban J connectivity index is 1.87. The number of halogens is 1. The van der Waals surface area contributed by atoms with Gasteiger partial charge in [-0.1, -0.05) is 0 Å². The SMILES string of the molecule is Cc1cc(NCC2CCC(C)O2)cnc1Br. The highest BCUT2D eigenvalue weighted by Gasteiger charge is 2.21. The third kappa shape index (κ3) is 2.95. The van der Waals surface area contributed by atoms with Gasteiger partial charge in [-0.05, 0) is 54.2 Å². The van der Waals surface area contributed by atoms with E-state index in [1.165, 1.54) is 6.42 Å². The Morgan fingerprint density at radius 3 is 3.00 bits per heavy atom. The molecule has 4 heteroatoms. The Hall–Kier alpha value is -0.610. The van der Waals surface area contributed by atoms with Crippen molar-refractivity contribution >= 4 is 21.6 Å². The highest BCUT2D eigenvalue weighted by Crippen LogP contribution is 2.21. The van der Waals surface area contributed by atoms with E-state index < -0.39 is 0 Å². The number of pyridine rings is 1. The van der Waals surface area contributed by atoms with Crippen LogP contribution in [0.2, 0.25) is 0 Å². The van der Waals surface area contributed by atoms with E-state index in [-0.39, 0.29) is 0 Å². The lowest BCUT2D eigenvalue weighted by Gasteiger charge is -2.13. The van der Waals surface area contributed by atoms with Crippen molar-refractivity contribution in [3.8, 4) is 0 Å². The van der Waals surface area contributed by atoms with Crippen LogP contribution >= 0.6 is 15.9 Å². The molecule has 0 radical (unpaired) electrons. The summed E-state index contributed by atoms with van der Waals surface area (Å²) in [6.07, 6.45) is 4.92. The fourth-order valence-electron chi connectivity index (χ4n) is 1.92. The molecule has 1 aromatic rings. The molecular weight excluding hydrogens is 268 g/mol. The van der Waals surface area contributed by atoms with Gasteiger partial charge in [0.15, 0.2) is 0 Å². The minimum atomic E-state index is 0.346. The van der Waals surface area contributed by atoms with Crippen molar-refractivity contribution in [2.24, 2.45) is 0 Å². The Kier molecular flexibility index (Phi) is 3.82. The van der Waals surface area contributed by atoms with Crippen molar-refractivity contribution in [2.45, 2.75) is 38.9 Å². The van der Waals surface area contributed by atoms with E-state index in [0.29, 0.717) is 12.2 Å². The maximum atomic E-state index is 5.74. The van der Waals surface area contributed by atoms with Crippen LogP contribution in [0.3, 0.4) is 0 Å². The monoisotopic (exact) mass is 284 g/mol. The highest BCUT2D eigenvalue weighted by molar-refractivity contribution is 9.10. The maximum Gasteiger partial charge on any atom is 0.109 e. The quantitative estimate of drug-likeness (QED) is 0.866. The molecule has 3 nitrogen and oxygen atoms in total. The molecule has 2 heterocycles. The molecule has 88 valence electrons. The highest BCUT2D eigenvalue weighted by atomic mass is 79.9. The number of hydrogen-bond donors (Lipinski definition) is 1. The van der Waals surface area contributed by atoms with Crippen molar-refractivity contribution < 1.29 is 4.74 Å². The van der Waals surface area contributed by atoms with Crippen LogP contribution in [0.4, 0.5) is 5.69 Å². The van der Waals surface area contributed by atoms with Crippen molar-refractivity contribution in [1.82, 2.24) is 4.98 Å². The number of rotatable bonds is 3. The molecule has 2 unspecified atom stereocenters.